The van der Waals surface area contributed by atoms with E-state index in [0.717, 1.165) is 81.8 Å². The van der Waals surface area contributed by atoms with E-state index in [0.29, 0.717) is 52.6 Å². The molecule has 0 unspecified atom stereocenters. The molecule has 8 aromatic heterocycles. The number of nitriles is 2. The van der Waals surface area contributed by atoms with Gasteiger partial charge in [0.05, 0.1) is 48.8 Å². The number of nitrogens with one attached hydrogen (secondary N) is 1. The second kappa shape index (κ2) is 22.9. The number of methoxy groups -OCH3 is 2. The third kappa shape index (κ3) is 11.8. The summed E-state index contributed by atoms with van der Waals surface area (Å²) >= 11 is 6.94. The second-order valence-corrected chi connectivity index (χ2v) is 19.4. The molecule has 4 atom stereocenters. The fourth-order valence-electron chi connectivity index (χ4n) is 9.06. The molecule has 0 aromatic carbocycles. The van der Waals surface area contributed by atoms with Gasteiger partial charge in [0.15, 0.2) is 0 Å². The number of aromatic nitrogens is 8. The van der Waals surface area contributed by atoms with Crippen LogP contribution in [0.5, 0.6) is 11.8 Å². The molecule has 1 N–H and O–H groups in total. The van der Waals surface area contributed by atoms with Gasteiger partial charge in [-0.05, 0) is 107 Å². The predicted octanol–water partition coefficient (Wildman–Crippen LogP) is 8.98. The first-order valence-corrected chi connectivity index (χ1v) is 24.6. The van der Waals surface area contributed by atoms with Crippen LogP contribution in [0.15, 0.2) is 119 Å². The van der Waals surface area contributed by atoms with E-state index in [-0.39, 0.29) is 0 Å². The Labute approximate surface area is 429 Å². The third-order valence-electron chi connectivity index (χ3n) is 12.7. The van der Waals surface area contributed by atoms with Crippen LogP contribution in [0, 0.1) is 28.6 Å². The van der Waals surface area contributed by atoms with Crippen molar-refractivity contribution >= 4 is 48.7 Å². The normalized spacial score (nSPS) is 18.2. The molecule has 2 aliphatic rings. The van der Waals surface area contributed by atoms with Crippen molar-refractivity contribution in [3.63, 3.8) is 0 Å². The van der Waals surface area contributed by atoms with Gasteiger partial charge in [-0.15, -0.1) is 0 Å². The third-order valence-corrected chi connectivity index (χ3v) is 13.5. The van der Waals surface area contributed by atoms with E-state index in [2.05, 4.69) is 141 Å². The molecule has 2 aliphatic heterocycles. The average molecular weight is 1080 g/mol. The summed E-state index contributed by atoms with van der Waals surface area (Å²) in [7, 11) is 3.27. The summed E-state index contributed by atoms with van der Waals surface area (Å²) in [6.07, 6.45) is 13.8. The van der Waals surface area contributed by atoms with Gasteiger partial charge in [0.1, 0.15) is 18.0 Å². The van der Waals surface area contributed by atoms with Gasteiger partial charge in [-0.2, -0.15) is 25.1 Å². The maximum atomic E-state index is 12.9. The summed E-state index contributed by atoms with van der Waals surface area (Å²) < 4.78 is 28.2. The summed E-state index contributed by atoms with van der Waals surface area (Å²) in [5, 5.41) is 30.5. The van der Waals surface area contributed by atoms with Crippen molar-refractivity contribution in [1.29, 1.82) is 10.5 Å². The van der Waals surface area contributed by atoms with Gasteiger partial charge in [0.25, 0.3) is 0 Å². The first-order chi connectivity index (χ1) is 34.3. The zero-order chi connectivity index (χ0) is 50.2. The average Bonchev–Trinajstić information content (AvgIpc) is 4.00. The zero-order valence-corrected chi connectivity index (χ0v) is 43.4. The molecule has 19 heteroatoms. The predicted molar refractivity (Wildman–Crippen MR) is 277 cm³/mol. The van der Waals surface area contributed by atoms with Gasteiger partial charge in [0, 0.05) is 144 Å². The molecule has 0 saturated carbocycles. The molecule has 0 radical (unpaired) electrons. The summed E-state index contributed by atoms with van der Waals surface area (Å²) in [5.41, 5.74) is 8.27. The SMILES string of the molecule is COc1ccc(CN2[C@H](C)CN(c3ccc(-c4cc(Br)cn5ncc(C#N)c45)cn3)C[C@@H]2C)cn1.COc1ccc(CN2[C@H](C)CNC[C@@H]2C)cn1.N#Cc1cnn2cc(Br)cc(-c3ccc(F)nc3)c12. The lowest BCUT2D eigenvalue weighted by Crippen LogP contribution is -2.56. The molecule has 0 spiro atoms. The second-order valence-electron chi connectivity index (χ2n) is 17.6. The number of rotatable bonds is 9. The molecular weight excluding hydrogens is 1030 g/mol. The Hall–Kier alpha value is -6.87. The lowest BCUT2D eigenvalue weighted by molar-refractivity contribution is 0.108. The van der Waals surface area contributed by atoms with E-state index in [1.54, 1.807) is 41.7 Å². The first kappa shape index (κ1) is 50.5. The molecule has 8 aromatic rings. The zero-order valence-electron chi connectivity index (χ0n) is 40.2. The van der Waals surface area contributed by atoms with Crippen molar-refractivity contribution in [2.45, 2.75) is 65.0 Å². The first-order valence-electron chi connectivity index (χ1n) is 23.0. The van der Waals surface area contributed by atoms with Crippen LogP contribution in [-0.4, -0.2) is 114 Å². The van der Waals surface area contributed by atoms with Crippen molar-refractivity contribution in [2.24, 2.45) is 0 Å². The largest absolute Gasteiger partial charge is 0.481 e. The number of anilines is 1. The van der Waals surface area contributed by atoms with Crippen LogP contribution in [0.3, 0.4) is 0 Å². The van der Waals surface area contributed by atoms with Crippen LogP contribution in [0.25, 0.3) is 33.3 Å². The molecule has 10 heterocycles. The minimum absolute atomic E-state index is 0.358. The summed E-state index contributed by atoms with van der Waals surface area (Å²) in [5.74, 6) is 1.73. The Kier molecular flexibility index (Phi) is 16.3. The van der Waals surface area contributed by atoms with E-state index < -0.39 is 5.95 Å². The van der Waals surface area contributed by atoms with Crippen molar-refractivity contribution in [3.8, 4) is 46.2 Å². The van der Waals surface area contributed by atoms with Crippen LogP contribution in [0.4, 0.5) is 10.2 Å². The Morgan fingerprint density at radius 2 is 1.10 bits per heavy atom. The molecule has 10 rings (SSSR count). The summed E-state index contributed by atoms with van der Waals surface area (Å²) in [4.78, 5) is 24.4. The van der Waals surface area contributed by atoms with Crippen LogP contribution < -0.4 is 19.7 Å². The van der Waals surface area contributed by atoms with Crippen LogP contribution in [0.1, 0.15) is 49.9 Å². The minimum atomic E-state index is -0.538. The number of ether oxygens (including phenoxy) is 2. The topological polar surface area (TPSA) is 174 Å². The lowest BCUT2D eigenvalue weighted by Gasteiger charge is -2.45. The van der Waals surface area contributed by atoms with Gasteiger partial charge in [0.2, 0.25) is 17.7 Å². The number of hydrogen-bond donors (Lipinski definition) is 1. The summed E-state index contributed by atoms with van der Waals surface area (Å²) in [6.45, 7) is 14.8. The van der Waals surface area contributed by atoms with Crippen molar-refractivity contribution in [3.05, 3.63) is 147 Å². The van der Waals surface area contributed by atoms with Crippen LogP contribution in [0.2, 0.25) is 0 Å². The van der Waals surface area contributed by atoms with Crippen molar-refractivity contribution < 1.29 is 13.9 Å². The van der Waals surface area contributed by atoms with Gasteiger partial charge < -0.3 is 19.7 Å². The van der Waals surface area contributed by atoms with E-state index in [1.807, 2.05) is 49.1 Å². The number of piperazine rings is 2. The molecule has 0 bridgehead atoms. The fourth-order valence-corrected chi connectivity index (χ4v) is 9.90. The van der Waals surface area contributed by atoms with Crippen LogP contribution >= 0.6 is 31.9 Å². The Morgan fingerprint density at radius 3 is 1.51 bits per heavy atom. The highest BCUT2D eigenvalue weighted by molar-refractivity contribution is 9.10. The van der Waals surface area contributed by atoms with Gasteiger partial charge in [-0.25, -0.2) is 29.0 Å². The fraction of sp³-hybridized carbons (Fsp3) is 0.308. The Balaban J connectivity index is 0.000000158. The number of fused-ring (bicyclic) bond motifs is 2. The van der Waals surface area contributed by atoms with Gasteiger partial charge in [-0.3, -0.25) is 9.80 Å². The minimum Gasteiger partial charge on any atom is -0.481 e. The molecule has 16 nitrogen and oxygen atoms in total. The smallest absolute Gasteiger partial charge is 0.212 e. The van der Waals surface area contributed by atoms with Crippen molar-refractivity contribution in [1.82, 2.24) is 54.3 Å². The number of halogens is 3. The monoisotopic (exact) mass is 1080 g/mol. The maximum Gasteiger partial charge on any atom is 0.212 e. The number of nitrogens with zero attached hydrogens (tertiary/aromatic N) is 13. The highest BCUT2D eigenvalue weighted by atomic mass is 79.9. The molecule has 364 valence electrons. The lowest BCUT2D eigenvalue weighted by atomic mass is 10.0. The highest BCUT2D eigenvalue weighted by Crippen LogP contribution is 2.32. The summed E-state index contributed by atoms with van der Waals surface area (Å²) in [6, 6.07) is 25.1. The Bertz CT molecular complexity index is 3140. The molecule has 2 fully saturated rings. The van der Waals surface area contributed by atoms with E-state index >= 15 is 0 Å². The molecule has 0 aliphatic carbocycles. The molecular formula is C52H53Br2FN14O2. The van der Waals surface area contributed by atoms with Gasteiger partial charge in [-0.1, -0.05) is 12.1 Å². The number of hydrogen-bond acceptors (Lipinski definition) is 14. The van der Waals surface area contributed by atoms with Gasteiger partial charge >= 0.3 is 0 Å². The van der Waals surface area contributed by atoms with E-state index in [1.165, 1.54) is 29.6 Å². The number of pyridine rings is 6. The molecule has 2 saturated heterocycles. The standard InChI is InChI=1S/C26H26BrN7O.C13H6BrFN4.C13H21N3O/c1-17-13-32(14-18(2)33(17)15-19-4-7-25(35-3)30-10-19)24-6-5-20(11-29-24)23-8-22(27)16-34-26(23)21(9-28)12-31-34;14-10-3-11(8-1-2-12(15)17-5-8)13-9(4-16)6-18-19(13)7-10;1-10-6-14-7-11(2)16(10)9-12-4-5-13(17-3)15-8-12/h4-8,10-12,16-18H,13-15H2,1-3H3;1-3,5-7H;4-5,8,10-11,14H,6-7,9H2,1-3H3/t17-,18+;;10-,11+. The quantitative estimate of drug-likeness (QED) is 0.136. The van der Waals surface area contributed by atoms with E-state index in [4.69, 9.17) is 19.7 Å². The molecule has 71 heavy (non-hydrogen) atoms. The maximum absolute atomic E-state index is 12.9. The van der Waals surface area contributed by atoms with Crippen molar-refractivity contribution in [2.75, 3.05) is 45.3 Å². The van der Waals surface area contributed by atoms with E-state index in [9.17, 15) is 9.65 Å². The van der Waals surface area contributed by atoms with Crippen LogP contribution in [-0.2, 0) is 13.1 Å². The highest BCUT2D eigenvalue weighted by Gasteiger charge is 2.30. The molecule has 0 amide bonds. The Morgan fingerprint density at radius 1 is 0.620 bits per heavy atom.